The Morgan fingerprint density at radius 2 is 2.25 bits per heavy atom. The van der Waals surface area contributed by atoms with Gasteiger partial charge in [-0.15, -0.1) is 0 Å². The lowest BCUT2D eigenvalue weighted by Crippen LogP contribution is -2.48. The zero-order valence-electron chi connectivity index (χ0n) is 11.2. The summed E-state index contributed by atoms with van der Waals surface area (Å²) >= 11 is 5.09. The third-order valence-corrected chi connectivity index (χ3v) is 3.12. The summed E-state index contributed by atoms with van der Waals surface area (Å²) in [4.78, 5) is 12.1. The van der Waals surface area contributed by atoms with Crippen LogP contribution in [0.5, 0.6) is 0 Å². The van der Waals surface area contributed by atoms with Crippen LogP contribution in [0.3, 0.4) is 0 Å². The van der Waals surface area contributed by atoms with Crippen molar-refractivity contribution in [2.45, 2.75) is 19.9 Å². The number of benzene rings is 1. The van der Waals surface area contributed by atoms with E-state index in [4.69, 9.17) is 17.0 Å². The topological polar surface area (TPSA) is 50.4 Å². The van der Waals surface area contributed by atoms with Crippen molar-refractivity contribution in [1.29, 1.82) is 0 Å². The van der Waals surface area contributed by atoms with E-state index in [9.17, 15) is 9.18 Å². The van der Waals surface area contributed by atoms with Crippen molar-refractivity contribution < 1.29 is 13.9 Å². The number of hydrogen-bond acceptors (Lipinski definition) is 3. The van der Waals surface area contributed by atoms with Crippen molar-refractivity contribution in [1.82, 2.24) is 10.6 Å². The van der Waals surface area contributed by atoms with Gasteiger partial charge >= 0.3 is 5.97 Å². The number of hydrogen-bond donors (Lipinski definition) is 2. The molecule has 0 radical (unpaired) electrons. The van der Waals surface area contributed by atoms with Crippen LogP contribution in [0.1, 0.15) is 19.4 Å². The van der Waals surface area contributed by atoms with Gasteiger partial charge in [-0.2, -0.15) is 0 Å². The molecule has 4 nitrogen and oxygen atoms in total. The quantitative estimate of drug-likeness (QED) is 0.659. The van der Waals surface area contributed by atoms with Crippen molar-refractivity contribution in [3.63, 3.8) is 0 Å². The van der Waals surface area contributed by atoms with Crippen LogP contribution in [0.2, 0.25) is 0 Å². The van der Waals surface area contributed by atoms with Crippen LogP contribution in [-0.4, -0.2) is 23.7 Å². The van der Waals surface area contributed by atoms with Gasteiger partial charge in [0, 0.05) is 5.56 Å². The first-order valence-corrected chi connectivity index (χ1v) is 6.68. The Bertz CT molecular complexity index is 586. The number of carbonyl (C=O) groups is 1. The van der Waals surface area contributed by atoms with Gasteiger partial charge in [0.2, 0.25) is 0 Å². The molecule has 1 aromatic rings. The fourth-order valence-corrected chi connectivity index (χ4v) is 2.34. The summed E-state index contributed by atoms with van der Waals surface area (Å²) in [6.45, 7) is 3.81. The Morgan fingerprint density at radius 3 is 2.90 bits per heavy atom. The minimum absolute atomic E-state index is 0.274. The zero-order valence-corrected chi connectivity index (χ0v) is 12.0. The summed E-state index contributed by atoms with van der Waals surface area (Å²) in [6, 6.07) is 5.68. The second-order valence-corrected chi connectivity index (χ2v) is 4.75. The summed E-state index contributed by atoms with van der Waals surface area (Å²) in [5.74, 6) is -0.820. The highest BCUT2D eigenvalue weighted by Gasteiger charge is 2.29. The lowest BCUT2D eigenvalue weighted by molar-refractivity contribution is -0.138. The Hall–Kier alpha value is -1.95. The fraction of sp³-hybridized carbons (Fsp3) is 0.286. The van der Waals surface area contributed by atoms with Gasteiger partial charge in [-0.1, -0.05) is 12.1 Å². The van der Waals surface area contributed by atoms with Crippen molar-refractivity contribution in [2.24, 2.45) is 0 Å². The standard InChI is InChI=1S/C14H15FN2O2S/c1-3-19-13(18)11-8(2)16-14(20)17-12(11)9-5-4-6-10(15)7-9/h4-8H,3H2,1-2H3,(H2,16,17,20)/t8-/m1/s1. The van der Waals surface area contributed by atoms with E-state index < -0.39 is 5.97 Å². The SMILES string of the molecule is CCOC(=O)C1=C(c2cccc(F)c2)NC(=S)N[C@@H]1C. The summed E-state index contributed by atoms with van der Waals surface area (Å²) in [7, 11) is 0. The predicted octanol–water partition coefficient (Wildman–Crippen LogP) is 1.97. The molecule has 2 rings (SSSR count). The van der Waals surface area contributed by atoms with Crippen LogP contribution >= 0.6 is 12.2 Å². The van der Waals surface area contributed by atoms with Gasteiger partial charge in [0.15, 0.2) is 5.11 Å². The smallest absolute Gasteiger partial charge is 0.338 e. The fourth-order valence-electron chi connectivity index (χ4n) is 2.06. The van der Waals surface area contributed by atoms with Gasteiger partial charge in [-0.3, -0.25) is 0 Å². The molecule has 0 bridgehead atoms. The molecule has 2 N–H and O–H groups in total. The van der Waals surface area contributed by atoms with E-state index >= 15 is 0 Å². The average Bonchev–Trinajstić information content (AvgIpc) is 2.37. The molecule has 6 heteroatoms. The van der Waals surface area contributed by atoms with Crippen molar-refractivity contribution in [3.8, 4) is 0 Å². The second-order valence-electron chi connectivity index (χ2n) is 4.34. The summed E-state index contributed by atoms with van der Waals surface area (Å²) < 4.78 is 18.4. The maximum Gasteiger partial charge on any atom is 0.338 e. The highest BCUT2D eigenvalue weighted by Crippen LogP contribution is 2.23. The number of rotatable bonds is 3. The Kier molecular flexibility index (Phi) is 4.34. The van der Waals surface area contributed by atoms with Gasteiger partial charge in [-0.25, -0.2) is 9.18 Å². The molecule has 1 aromatic carbocycles. The van der Waals surface area contributed by atoms with E-state index in [2.05, 4.69) is 10.6 Å². The maximum absolute atomic E-state index is 13.4. The van der Waals surface area contributed by atoms with Gasteiger partial charge < -0.3 is 15.4 Å². The van der Waals surface area contributed by atoms with E-state index in [1.807, 2.05) is 0 Å². The molecule has 0 aromatic heterocycles. The minimum atomic E-state index is -0.443. The zero-order chi connectivity index (χ0) is 14.7. The third-order valence-electron chi connectivity index (χ3n) is 2.90. The van der Waals surface area contributed by atoms with E-state index in [-0.39, 0.29) is 18.5 Å². The lowest BCUT2D eigenvalue weighted by atomic mass is 9.99. The number of esters is 1. The summed E-state index contributed by atoms with van der Waals surface area (Å²) in [5.41, 5.74) is 1.45. The molecule has 20 heavy (non-hydrogen) atoms. The molecule has 0 saturated heterocycles. The van der Waals surface area contributed by atoms with Crippen molar-refractivity contribution in [3.05, 3.63) is 41.2 Å². The number of ether oxygens (including phenoxy) is 1. The molecule has 1 atom stereocenters. The van der Waals surface area contributed by atoms with E-state index in [1.54, 1.807) is 26.0 Å². The van der Waals surface area contributed by atoms with E-state index in [1.165, 1.54) is 12.1 Å². The highest BCUT2D eigenvalue weighted by atomic mass is 32.1. The third kappa shape index (κ3) is 2.96. The Balaban J connectivity index is 2.53. The highest BCUT2D eigenvalue weighted by molar-refractivity contribution is 7.80. The van der Waals surface area contributed by atoms with Crippen LogP contribution in [0.15, 0.2) is 29.8 Å². The first-order chi connectivity index (χ1) is 9.52. The minimum Gasteiger partial charge on any atom is -0.463 e. The molecule has 0 unspecified atom stereocenters. The molecule has 1 heterocycles. The lowest BCUT2D eigenvalue weighted by Gasteiger charge is -2.28. The molecule has 0 fully saturated rings. The Morgan fingerprint density at radius 1 is 1.50 bits per heavy atom. The van der Waals surface area contributed by atoms with E-state index in [0.29, 0.717) is 21.9 Å². The molecule has 1 aliphatic heterocycles. The monoisotopic (exact) mass is 294 g/mol. The maximum atomic E-state index is 13.4. The van der Waals surface area contributed by atoms with Crippen molar-refractivity contribution >= 4 is 29.0 Å². The second kappa shape index (κ2) is 6.00. The van der Waals surface area contributed by atoms with Crippen molar-refractivity contribution in [2.75, 3.05) is 6.61 Å². The van der Waals surface area contributed by atoms with Crippen LogP contribution in [0.4, 0.5) is 4.39 Å². The Labute approximate surface area is 122 Å². The number of thiocarbonyl (C=S) groups is 1. The molecule has 0 amide bonds. The average molecular weight is 294 g/mol. The molecule has 106 valence electrons. The molecule has 0 spiro atoms. The van der Waals surface area contributed by atoms with Gasteiger partial charge in [-0.05, 0) is 38.2 Å². The number of nitrogens with one attached hydrogen (secondary N) is 2. The largest absolute Gasteiger partial charge is 0.463 e. The summed E-state index contributed by atoms with van der Waals surface area (Å²) in [5, 5.41) is 6.26. The first kappa shape index (κ1) is 14.5. The van der Waals surface area contributed by atoms with Crippen LogP contribution in [-0.2, 0) is 9.53 Å². The number of halogens is 1. The molecule has 0 aliphatic carbocycles. The molecular weight excluding hydrogens is 279 g/mol. The number of carbonyl (C=O) groups excluding carboxylic acids is 1. The van der Waals surface area contributed by atoms with E-state index in [0.717, 1.165) is 0 Å². The molecular formula is C14H15FN2O2S. The van der Waals surface area contributed by atoms with Crippen LogP contribution in [0.25, 0.3) is 5.70 Å². The molecule has 0 saturated carbocycles. The van der Waals surface area contributed by atoms with Crippen LogP contribution in [0, 0.1) is 5.82 Å². The van der Waals surface area contributed by atoms with Gasteiger partial charge in [0.1, 0.15) is 5.82 Å². The summed E-state index contributed by atoms with van der Waals surface area (Å²) in [6.07, 6.45) is 0. The predicted molar refractivity (Wildman–Crippen MR) is 78.3 cm³/mol. The normalized spacial score (nSPS) is 18.4. The van der Waals surface area contributed by atoms with Crippen LogP contribution < -0.4 is 10.6 Å². The van der Waals surface area contributed by atoms with Gasteiger partial charge in [0.05, 0.1) is 23.9 Å². The van der Waals surface area contributed by atoms with Gasteiger partial charge in [0.25, 0.3) is 0 Å². The first-order valence-electron chi connectivity index (χ1n) is 6.27. The molecule has 1 aliphatic rings.